The standard InChI is InChI=1S/C10H15NO2.BrH/c1-11-7-3-5-8(10(12)13-2)9(11)6-4-7;/h5,7,9H,3-4,6H2,1-2H3;1H/t7-,9-;/m1./s1. The number of likely N-dealkylation sites (N-methyl/N-ethyl adjacent to an activating group) is 1. The van der Waals surface area contributed by atoms with Gasteiger partial charge in [0.2, 0.25) is 0 Å². The third-order valence-electron chi connectivity index (χ3n) is 3.23. The minimum atomic E-state index is -0.155. The molecule has 0 aromatic heterocycles. The summed E-state index contributed by atoms with van der Waals surface area (Å²) in [5, 5.41) is 0. The summed E-state index contributed by atoms with van der Waals surface area (Å²) in [4.78, 5) is 13.7. The molecule has 2 aliphatic heterocycles. The zero-order valence-corrected chi connectivity index (χ0v) is 10.2. The lowest BCUT2D eigenvalue weighted by atomic mass is 10.0. The Balaban J connectivity index is 0.000000980. The smallest absolute Gasteiger partial charge is 0.335 e. The summed E-state index contributed by atoms with van der Waals surface area (Å²) in [6.45, 7) is 0. The van der Waals surface area contributed by atoms with Gasteiger partial charge in [-0.15, -0.1) is 17.0 Å². The van der Waals surface area contributed by atoms with E-state index >= 15 is 0 Å². The topological polar surface area (TPSA) is 29.5 Å². The number of carbonyl (C=O) groups excluding carboxylic acids is 1. The van der Waals surface area contributed by atoms with Gasteiger partial charge in [0.15, 0.2) is 0 Å². The average molecular weight is 262 g/mol. The summed E-state index contributed by atoms with van der Waals surface area (Å²) in [6, 6.07) is 0.963. The Hall–Kier alpha value is -0.350. The fourth-order valence-corrected chi connectivity index (χ4v) is 2.41. The predicted molar refractivity (Wildman–Crippen MR) is 59.6 cm³/mol. The Morgan fingerprint density at radius 2 is 2.29 bits per heavy atom. The van der Waals surface area contributed by atoms with E-state index in [-0.39, 0.29) is 23.0 Å². The summed E-state index contributed by atoms with van der Waals surface area (Å²) in [6.07, 6.45) is 5.35. The van der Waals surface area contributed by atoms with Crippen molar-refractivity contribution < 1.29 is 9.53 Å². The normalized spacial score (nSPS) is 30.6. The van der Waals surface area contributed by atoms with E-state index < -0.39 is 0 Å². The fourth-order valence-electron chi connectivity index (χ4n) is 2.41. The van der Waals surface area contributed by atoms with Gasteiger partial charge in [-0.1, -0.05) is 6.08 Å². The highest BCUT2D eigenvalue weighted by Gasteiger charge is 2.38. The van der Waals surface area contributed by atoms with Crippen molar-refractivity contribution in [3.63, 3.8) is 0 Å². The Morgan fingerprint density at radius 1 is 1.57 bits per heavy atom. The van der Waals surface area contributed by atoms with Crippen LogP contribution in [0.4, 0.5) is 0 Å². The molecule has 3 nitrogen and oxygen atoms in total. The van der Waals surface area contributed by atoms with Gasteiger partial charge in [0.1, 0.15) is 0 Å². The molecule has 2 aliphatic rings. The molecule has 1 fully saturated rings. The molecular weight excluding hydrogens is 246 g/mol. The number of methoxy groups -OCH3 is 1. The quantitative estimate of drug-likeness (QED) is 0.671. The van der Waals surface area contributed by atoms with Crippen LogP contribution >= 0.6 is 17.0 Å². The number of carbonyl (C=O) groups is 1. The molecule has 0 amide bonds. The average Bonchev–Trinajstić information content (AvgIpc) is 2.41. The van der Waals surface area contributed by atoms with Crippen LogP contribution in [0.25, 0.3) is 0 Å². The maximum atomic E-state index is 11.4. The van der Waals surface area contributed by atoms with E-state index in [1.165, 1.54) is 13.5 Å². The molecular formula is C10H16BrNO2. The minimum Gasteiger partial charge on any atom is -0.466 e. The molecule has 0 aromatic carbocycles. The van der Waals surface area contributed by atoms with Crippen LogP contribution in [-0.4, -0.2) is 37.1 Å². The number of nitrogens with zero attached hydrogens (tertiary/aromatic N) is 1. The van der Waals surface area contributed by atoms with Crippen molar-refractivity contribution in [3.8, 4) is 0 Å². The van der Waals surface area contributed by atoms with Gasteiger partial charge in [-0.3, -0.25) is 4.90 Å². The van der Waals surface area contributed by atoms with Gasteiger partial charge in [-0.25, -0.2) is 4.79 Å². The predicted octanol–water partition coefficient (Wildman–Crippen LogP) is 1.53. The van der Waals surface area contributed by atoms with Crippen LogP contribution in [0.5, 0.6) is 0 Å². The molecule has 4 heteroatoms. The molecule has 0 N–H and O–H groups in total. The molecule has 0 aromatic rings. The fraction of sp³-hybridized carbons (Fsp3) is 0.700. The van der Waals surface area contributed by atoms with E-state index in [0.717, 1.165) is 18.4 Å². The van der Waals surface area contributed by atoms with Crippen LogP contribution in [0, 0.1) is 0 Å². The lowest BCUT2D eigenvalue weighted by Crippen LogP contribution is -2.38. The number of halogens is 1. The van der Waals surface area contributed by atoms with Crippen LogP contribution in [0.3, 0.4) is 0 Å². The Morgan fingerprint density at radius 3 is 2.93 bits per heavy atom. The maximum Gasteiger partial charge on any atom is 0.335 e. The van der Waals surface area contributed by atoms with E-state index in [2.05, 4.69) is 11.9 Å². The molecule has 2 rings (SSSR count). The van der Waals surface area contributed by atoms with E-state index in [4.69, 9.17) is 4.74 Å². The number of esters is 1. The highest BCUT2D eigenvalue weighted by molar-refractivity contribution is 8.93. The van der Waals surface area contributed by atoms with Crippen LogP contribution < -0.4 is 0 Å². The summed E-state index contributed by atoms with van der Waals surface area (Å²) < 4.78 is 4.75. The Kier molecular flexibility index (Phi) is 3.72. The van der Waals surface area contributed by atoms with Gasteiger partial charge in [0, 0.05) is 12.1 Å². The first-order chi connectivity index (χ1) is 6.24. The summed E-state index contributed by atoms with van der Waals surface area (Å²) in [5.41, 5.74) is 0.860. The summed E-state index contributed by atoms with van der Waals surface area (Å²) in [5.74, 6) is -0.155. The van der Waals surface area contributed by atoms with E-state index in [1.54, 1.807) is 0 Å². The second-order valence-corrected chi connectivity index (χ2v) is 3.80. The van der Waals surface area contributed by atoms with E-state index in [1.807, 2.05) is 6.08 Å². The zero-order chi connectivity index (χ0) is 9.42. The number of fused-ring (bicyclic) bond motifs is 2. The molecule has 0 aliphatic carbocycles. The molecule has 1 saturated heterocycles. The van der Waals surface area contributed by atoms with Crippen LogP contribution in [0.15, 0.2) is 11.6 Å². The molecule has 2 heterocycles. The molecule has 0 radical (unpaired) electrons. The number of ether oxygens (including phenoxy) is 1. The van der Waals surface area contributed by atoms with Crippen molar-refractivity contribution >= 4 is 23.0 Å². The van der Waals surface area contributed by atoms with Gasteiger partial charge < -0.3 is 4.74 Å². The molecule has 2 bridgehead atoms. The Labute approximate surface area is 94.9 Å². The van der Waals surface area contributed by atoms with Crippen LogP contribution in [0.2, 0.25) is 0 Å². The third-order valence-corrected chi connectivity index (χ3v) is 3.23. The van der Waals surface area contributed by atoms with Gasteiger partial charge in [0.05, 0.1) is 12.7 Å². The maximum absolute atomic E-state index is 11.4. The number of hydrogen-bond acceptors (Lipinski definition) is 3. The van der Waals surface area contributed by atoms with Crippen molar-refractivity contribution in [1.82, 2.24) is 4.90 Å². The number of hydrogen-bond donors (Lipinski definition) is 0. The van der Waals surface area contributed by atoms with Crippen LogP contribution in [-0.2, 0) is 9.53 Å². The molecule has 2 atom stereocenters. The van der Waals surface area contributed by atoms with Crippen molar-refractivity contribution in [2.24, 2.45) is 0 Å². The highest BCUT2D eigenvalue weighted by atomic mass is 79.9. The van der Waals surface area contributed by atoms with Crippen molar-refractivity contribution in [2.45, 2.75) is 31.3 Å². The molecule has 0 spiro atoms. The summed E-state index contributed by atoms with van der Waals surface area (Å²) in [7, 11) is 3.54. The first-order valence-corrected chi connectivity index (χ1v) is 4.74. The van der Waals surface area contributed by atoms with Crippen molar-refractivity contribution in [3.05, 3.63) is 11.6 Å². The zero-order valence-electron chi connectivity index (χ0n) is 8.53. The first kappa shape index (κ1) is 11.7. The molecule has 14 heavy (non-hydrogen) atoms. The lowest BCUT2D eigenvalue weighted by Gasteiger charge is -2.30. The van der Waals surface area contributed by atoms with Crippen LogP contribution in [0.1, 0.15) is 19.3 Å². The largest absolute Gasteiger partial charge is 0.466 e. The van der Waals surface area contributed by atoms with E-state index in [0.29, 0.717) is 12.1 Å². The van der Waals surface area contributed by atoms with Gasteiger partial charge in [-0.05, 0) is 26.3 Å². The minimum absolute atomic E-state index is 0. The third kappa shape index (κ3) is 1.73. The van der Waals surface area contributed by atoms with Crippen molar-refractivity contribution in [2.75, 3.05) is 14.2 Å². The molecule has 0 unspecified atom stereocenters. The van der Waals surface area contributed by atoms with Gasteiger partial charge >= 0.3 is 5.97 Å². The first-order valence-electron chi connectivity index (χ1n) is 4.74. The molecule has 0 saturated carbocycles. The van der Waals surface area contributed by atoms with E-state index in [9.17, 15) is 4.79 Å². The second kappa shape index (κ2) is 4.45. The SMILES string of the molecule is Br.COC(=O)C1=CC[C@@H]2CC[C@H]1N2C. The second-order valence-electron chi connectivity index (χ2n) is 3.80. The van der Waals surface area contributed by atoms with Gasteiger partial charge in [0.25, 0.3) is 0 Å². The van der Waals surface area contributed by atoms with Gasteiger partial charge in [-0.2, -0.15) is 0 Å². The number of rotatable bonds is 1. The van der Waals surface area contributed by atoms with Crippen molar-refractivity contribution in [1.29, 1.82) is 0 Å². The highest BCUT2D eigenvalue weighted by Crippen LogP contribution is 2.34. The summed E-state index contributed by atoms with van der Waals surface area (Å²) >= 11 is 0. The molecule has 80 valence electrons. The Bertz CT molecular complexity index is 265. The monoisotopic (exact) mass is 261 g/mol. The lowest BCUT2D eigenvalue weighted by molar-refractivity contribution is -0.136.